The highest BCUT2D eigenvalue weighted by atomic mass is 35.5. The van der Waals surface area contributed by atoms with E-state index in [-0.39, 0.29) is 6.04 Å². The maximum absolute atomic E-state index is 12.8. The van der Waals surface area contributed by atoms with E-state index in [9.17, 15) is 22.8 Å². The van der Waals surface area contributed by atoms with Gasteiger partial charge in [-0.1, -0.05) is 31.4 Å². The second-order valence-corrected chi connectivity index (χ2v) is 6.45. The van der Waals surface area contributed by atoms with Crippen LogP contribution < -0.4 is 10.9 Å². The van der Waals surface area contributed by atoms with Crippen molar-refractivity contribution in [1.82, 2.24) is 9.88 Å². The summed E-state index contributed by atoms with van der Waals surface area (Å²) in [5.74, 6) is 0.0152. The van der Waals surface area contributed by atoms with E-state index in [1.807, 2.05) is 0 Å². The number of nitrogens with one attached hydrogen (secondary N) is 1. The second-order valence-electron chi connectivity index (χ2n) is 6.04. The van der Waals surface area contributed by atoms with Crippen molar-refractivity contribution in [2.24, 2.45) is 5.92 Å². The molecule has 23 heavy (non-hydrogen) atoms. The van der Waals surface area contributed by atoms with E-state index < -0.39 is 34.8 Å². The summed E-state index contributed by atoms with van der Waals surface area (Å²) in [5, 5.41) is 2.22. The highest BCUT2D eigenvalue weighted by Crippen LogP contribution is 2.29. The van der Waals surface area contributed by atoms with Gasteiger partial charge < -0.3 is 9.88 Å². The molecule has 8 heteroatoms. The Morgan fingerprint density at radius 1 is 1.43 bits per heavy atom. The first-order valence-electron chi connectivity index (χ1n) is 7.43. The van der Waals surface area contributed by atoms with Crippen LogP contribution in [0.15, 0.2) is 17.1 Å². The molecule has 2 atom stereocenters. The summed E-state index contributed by atoms with van der Waals surface area (Å²) >= 11 is 5.55. The number of carbonyl (C=O) groups is 1. The van der Waals surface area contributed by atoms with Gasteiger partial charge in [0.1, 0.15) is 11.6 Å². The molecule has 1 aromatic heterocycles. The quantitative estimate of drug-likeness (QED) is 0.910. The molecule has 0 saturated heterocycles. The summed E-state index contributed by atoms with van der Waals surface area (Å²) in [6.07, 6.45) is -0.222. The predicted octanol–water partition coefficient (Wildman–Crippen LogP) is 3.22. The first-order chi connectivity index (χ1) is 10.7. The summed E-state index contributed by atoms with van der Waals surface area (Å²) in [6.45, 7) is 1.61. The largest absolute Gasteiger partial charge is 0.417 e. The molecule has 1 N–H and O–H groups in total. The van der Waals surface area contributed by atoms with E-state index in [0.717, 1.165) is 25.7 Å². The predicted molar refractivity (Wildman–Crippen MR) is 80.3 cm³/mol. The molecule has 4 nitrogen and oxygen atoms in total. The van der Waals surface area contributed by atoms with Gasteiger partial charge in [0.05, 0.1) is 5.56 Å². The molecule has 1 aliphatic rings. The molecule has 0 bridgehead atoms. The summed E-state index contributed by atoms with van der Waals surface area (Å²) in [4.78, 5) is 23.8. The average Bonchev–Trinajstić information content (AvgIpc) is 2.42. The van der Waals surface area contributed by atoms with Gasteiger partial charge >= 0.3 is 6.18 Å². The molecule has 1 fully saturated rings. The number of hydrogen-bond acceptors (Lipinski definition) is 2. The number of aromatic nitrogens is 1. The SMILES string of the molecule is CC1CCCC(NC(=O)Cn2cc(C(F)(F)F)cc(Cl)c2=O)C1. The van der Waals surface area contributed by atoms with Crippen LogP contribution >= 0.6 is 11.6 Å². The Hall–Kier alpha value is -1.50. The fourth-order valence-electron chi connectivity index (χ4n) is 2.86. The molecule has 1 aromatic rings. The zero-order valence-corrected chi connectivity index (χ0v) is 13.4. The van der Waals surface area contributed by atoms with Gasteiger partial charge in [0, 0.05) is 12.2 Å². The first kappa shape index (κ1) is 17.8. The third-order valence-corrected chi connectivity index (χ3v) is 4.26. The molecule has 0 radical (unpaired) electrons. The van der Waals surface area contributed by atoms with Crippen LogP contribution in [0.3, 0.4) is 0 Å². The van der Waals surface area contributed by atoms with Crippen LogP contribution in [0, 0.1) is 5.92 Å². The zero-order valence-electron chi connectivity index (χ0n) is 12.6. The third kappa shape index (κ3) is 4.73. The highest BCUT2D eigenvalue weighted by Gasteiger charge is 2.32. The topological polar surface area (TPSA) is 51.1 Å². The smallest absolute Gasteiger partial charge is 0.352 e. The molecular weight excluding hydrogens is 333 g/mol. The summed E-state index contributed by atoms with van der Waals surface area (Å²) in [5.41, 5.74) is -1.87. The Labute approximate surface area is 136 Å². The Morgan fingerprint density at radius 3 is 2.74 bits per heavy atom. The fraction of sp³-hybridized carbons (Fsp3) is 0.600. The van der Waals surface area contributed by atoms with Crippen LogP contribution in [0.4, 0.5) is 13.2 Å². The van der Waals surface area contributed by atoms with Gasteiger partial charge in [0.15, 0.2) is 0 Å². The number of alkyl halides is 3. The van der Waals surface area contributed by atoms with Gasteiger partial charge in [-0.3, -0.25) is 9.59 Å². The lowest BCUT2D eigenvalue weighted by molar-refractivity contribution is -0.138. The molecule has 1 saturated carbocycles. The summed E-state index contributed by atoms with van der Waals surface area (Å²) in [6, 6.07) is 0.574. The third-order valence-electron chi connectivity index (χ3n) is 3.99. The van der Waals surface area contributed by atoms with E-state index >= 15 is 0 Å². The van der Waals surface area contributed by atoms with E-state index in [1.54, 1.807) is 0 Å². The van der Waals surface area contributed by atoms with E-state index in [1.165, 1.54) is 0 Å². The standard InChI is InChI=1S/C15H18ClF3N2O2/c1-9-3-2-4-11(5-9)20-13(22)8-21-7-10(15(17,18)19)6-12(16)14(21)23/h6-7,9,11H,2-5,8H2,1H3,(H,20,22). The lowest BCUT2D eigenvalue weighted by Crippen LogP contribution is -2.41. The fourth-order valence-corrected chi connectivity index (χ4v) is 3.09. The second kappa shape index (κ2) is 6.95. The van der Waals surface area contributed by atoms with Gasteiger partial charge in [-0.15, -0.1) is 0 Å². The monoisotopic (exact) mass is 350 g/mol. The number of halogens is 4. The number of hydrogen-bond donors (Lipinski definition) is 1. The van der Waals surface area contributed by atoms with Crippen LogP contribution in [0.2, 0.25) is 5.02 Å². The van der Waals surface area contributed by atoms with Crippen molar-refractivity contribution >= 4 is 17.5 Å². The van der Waals surface area contributed by atoms with Gasteiger partial charge in [-0.25, -0.2) is 0 Å². The van der Waals surface area contributed by atoms with Gasteiger partial charge in [-0.2, -0.15) is 13.2 Å². The van der Waals surface area contributed by atoms with Crippen molar-refractivity contribution in [2.45, 2.75) is 51.4 Å². The number of pyridine rings is 1. The van der Waals surface area contributed by atoms with E-state index in [0.29, 0.717) is 22.7 Å². The minimum Gasteiger partial charge on any atom is -0.352 e. The van der Waals surface area contributed by atoms with E-state index in [2.05, 4.69) is 12.2 Å². The van der Waals surface area contributed by atoms with Crippen molar-refractivity contribution in [1.29, 1.82) is 0 Å². The maximum Gasteiger partial charge on any atom is 0.417 e. The summed E-state index contributed by atoms with van der Waals surface area (Å²) < 4.78 is 39.0. The van der Waals surface area contributed by atoms with Gasteiger partial charge in [0.2, 0.25) is 5.91 Å². The molecule has 1 aliphatic carbocycles. The molecule has 128 valence electrons. The molecule has 2 rings (SSSR count). The minimum atomic E-state index is -4.63. The number of amides is 1. The first-order valence-corrected chi connectivity index (χ1v) is 7.81. The van der Waals surface area contributed by atoms with Crippen LogP contribution in [0.1, 0.15) is 38.2 Å². The molecule has 1 amide bonds. The lowest BCUT2D eigenvalue weighted by Gasteiger charge is -2.27. The average molecular weight is 351 g/mol. The lowest BCUT2D eigenvalue weighted by atomic mass is 9.87. The minimum absolute atomic E-state index is 0.00298. The van der Waals surface area contributed by atoms with Crippen LogP contribution in [0.25, 0.3) is 0 Å². The molecule has 1 heterocycles. The van der Waals surface area contributed by atoms with Crippen molar-refractivity contribution in [3.63, 3.8) is 0 Å². The zero-order chi connectivity index (χ0) is 17.2. The molecule has 0 aromatic carbocycles. The number of nitrogens with zero attached hydrogens (tertiary/aromatic N) is 1. The van der Waals surface area contributed by atoms with Gasteiger partial charge in [-0.05, 0) is 24.8 Å². The molecular formula is C15H18ClF3N2O2. The van der Waals surface area contributed by atoms with Crippen molar-refractivity contribution < 1.29 is 18.0 Å². The number of rotatable bonds is 3. The van der Waals surface area contributed by atoms with Crippen molar-refractivity contribution in [2.75, 3.05) is 0 Å². The molecule has 0 spiro atoms. The van der Waals surface area contributed by atoms with E-state index in [4.69, 9.17) is 11.6 Å². The van der Waals surface area contributed by atoms with Gasteiger partial charge in [0.25, 0.3) is 5.56 Å². The molecule has 2 unspecified atom stereocenters. The molecule has 0 aliphatic heterocycles. The Balaban J connectivity index is 2.11. The van der Waals surface area contributed by atoms with Crippen LogP contribution in [0.5, 0.6) is 0 Å². The Morgan fingerprint density at radius 2 is 2.13 bits per heavy atom. The maximum atomic E-state index is 12.8. The Kier molecular flexibility index (Phi) is 5.39. The highest BCUT2D eigenvalue weighted by molar-refractivity contribution is 6.30. The van der Waals surface area contributed by atoms with Crippen LogP contribution in [-0.2, 0) is 17.5 Å². The van der Waals surface area contributed by atoms with Crippen molar-refractivity contribution in [3.8, 4) is 0 Å². The number of carbonyl (C=O) groups excluding carboxylic acids is 1. The van der Waals surface area contributed by atoms with Crippen molar-refractivity contribution in [3.05, 3.63) is 33.2 Å². The summed E-state index contributed by atoms with van der Waals surface area (Å²) in [7, 11) is 0. The Bertz CT molecular complexity index is 643. The van der Waals surface area contributed by atoms with Crippen LogP contribution in [-0.4, -0.2) is 16.5 Å². The normalized spacial score (nSPS) is 22.0.